The predicted octanol–water partition coefficient (Wildman–Crippen LogP) is 29.3. The Balaban J connectivity index is 0.000000372. The second-order valence-electron chi connectivity index (χ2n) is 29.7. The SMILES string of the molecule is CC(C)C1CCc2cccc(C3C(C)C(C)C4c5c(sc6ccccc56)C=CC34)c2[N-]1.CC1C(C)C2c3c(sc4ccccc34)C=CC2C1c1ccccc1[N-]C(C)(C)C.CCC1Cc2cccc(C3C(C)C(C)C4c5c(sc6ccccc56)C=CC34)c2[N-]1.[CH3-].[CH3-].[CH3-].[CH3-].[CH3-].[CH3-].[CH3-].[CH3-].[CH3-].[Ti+4].[Ti+4].[Ti+4]. The standard InChI is InChI=1S/C29H32NS.C27H28NS.C27H30NS.9CH3.3Ti/c1-16(2)23-14-12-19-8-7-10-22(29(19)30-23)26-17(3)18(4)27-21(26)13-15-25-28(27)20-9-5-6-11-24(20)31-25;1-4-18-14-17-8-7-10-21(27(17)28-18)24-15(2)16(3)25-20(24)12-13-23-26(25)19-9-5-6-11-22(19)29-23;1-16-17(2)25-20(14-15-23-26(25)19-11-7-9-13-22(19)29-23)24(16)18-10-6-8-12-21(18)28-27(3,4)5;;;;;;;;;;;;/h5-11,13,15-18,21,23,26-27H,12,14H2,1-4H3;5-13,15-16,18,20,24-25H,4,14H2,1-3H3;6-17,20,24-25H,1-5H3;9*1H3;;;/q12*-1;3*+4. The number of para-hydroxylation sites is 3. The smallest absolute Gasteiger partial charge is 0.681 e. The molecular formula is C92H117N3S3Ti3. The van der Waals surface area contributed by atoms with Crippen molar-refractivity contribution >= 4 is 99.6 Å². The van der Waals surface area contributed by atoms with Crippen molar-refractivity contribution in [3.63, 3.8) is 0 Å². The van der Waals surface area contributed by atoms with Crippen LogP contribution in [-0.2, 0) is 78.0 Å². The molecule has 9 aromatic rings. The van der Waals surface area contributed by atoms with Gasteiger partial charge in [-0.2, -0.15) is 0 Å². The molecule has 5 heterocycles. The molecule has 3 nitrogen and oxygen atoms in total. The Morgan fingerprint density at radius 3 is 1.17 bits per heavy atom. The first-order valence-electron chi connectivity index (χ1n) is 34.1. The summed E-state index contributed by atoms with van der Waals surface area (Å²) >= 11 is 5.89. The van der Waals surface area contributed by atoms with E-state index in [2.05, 4.69) is 253 Å². The largest absolute Gasteiger partial charge is 4.00 e. The summed E-state index contributed by atoms with van der Waals surface area (Å²) in [4.78, 5) is 4.45. The number of benzene rings is 6. The van der Waals surface area contributed by atoms with Crippen LogP contribution in [0.15, 0.2) is 152 Å². The van der Waals surface area contributed by atoms with Crippen LogP contribution in [0.5, 0.6) is 0 Å². The zero-order valence-corrected chi connectivity index (χ0v) is 72.1. The van der Waals surface area contributed by atoms with Crippen LogP contribution in [0.4, 0.5) is 17.1 Å². The van der Waals surface area contributed by atoms with Gasteiger partial charge in [0.15, 0.2) is 0 Å². The van der Waals surface area contributed by atoms with Crippen molar-refractivity contribution in [2.45, 2.75) is 162 Å². The summed E-state index contributed by atoms with van der Waals surface area (Å²) in [5.74, 6) is 9.64. The van der Waals surface area contributed by atoms with Gasteiger partial charge >= 0.3 is 65.2 Å². The fraction of sp³-hybridized carbons (Fsp3) is 0.380. The first-order chi connectivity index (χ1) is 43.1. The average molecular weight is 1500 g/mol. The fourth-order valence-corrected chi connectivity index (χ4v) is 22.5. The average Bonchev–Trinajstić information content (AvgIpc) is 1.59. The van der Waals surface area contributed by atoms with Crippen LogP contribution in [0.25, 0.3) is 64.4 Å². The van der Waals surface area contributed by atoms with Gasteiger partial charge in [-0.3, -0.25) is 0 Å². The van der Waals surface area contributed by atoms with Gasteiger partial charge in [-0.05, 0) is 171 Å². The van der Waals surface area contributed by atoms with Gasteiger partial charge in [-0.15, -0.1) is 68.7 Å². The third kappa shape index (κ3) is 15.9. The Morgan fingerprint density at radius 2 is 0.772 bits per heavy atom. The topological polar surface area (TPSA) is 42.3 Å². The Labute approximate surface area is 673 Å². The number of nitrogens with zero attached hydrogens (tertiary/aromatic N) is 3. The molecule has 3 saturated carbocycles. The first kappa shape index (κ1) is 91.2. The third-order valence-corrected chi connectivity index (χ3v) is 27.0. The van der Waals surface area contributed by atoms with Crippen LogP contribution in [0.3, 0.4) is 0 Å². The van der Waals surface area contributed by atoms with Crippen molar-refractivity contribution in [3.05, 3.63) is 294 Å². The molecular weight excluding hydrogens is 1390 g/mol. The molecule has 17 rings (SSSR count). The maximum atomic E-state index is 5.35. The second-order valence-corrected chi connectivity index (χ2v) is 32.9. The van der Waals surface area contributed by atoms with Crippen molar-refractivity contribution < 1.29 is 65.2 Å². The minimum Gasteiger partial charge on any atom is -0.681 e. The van der Waals surface area contributed by atoms with Crippen molar-refractivity contribution in [2.75, 3.05) is 0 Å². The molecule has 0 amide bonds. The molecule has 17 atom stereocenters. The van der Waals surface area contributed by atoms with Crippen molar-refractivity contribution in [3.8, 4) is 0 Å². The van der Waals surface area contributed by atoms with Crippen LogP contribution in [-0.4, -0.2) is 17.6 Å². The van der Waals surface area contributed by atoms with E-state index in [9.17, 15) is 0 Å². The summed E-state index contributed by atoms with van der Waals surface area (Å²) in [6.45, 7) is 28.4. The molecule has 0 bridgehead atoms. The van der Waals surface area contributed by atoms with Gasteiger partial charge in [0.25, 0.3) is 0 Å². The van der Waals surface area contributed by atoms with E-state index in [-0.39, 0.29) is 138 Å². The van der Waals surface area contributed by atoms with Crippen LogP contribution in [0, 0.1) is 126 Å². The molecule has 8 aliphatic rings. The molecule has 530 valence electrons. The summed E-state index contributed by atoms with van der Waals surface area (Å²) in [6.07, 6.45) is 19.5. The monoisotopic (exact) mass is 1500 g/mol. The van der Waals surface area contributed by atoms with Gasteiger partial charge in [0.05, 0.1) is 0 Å². The van der Waals surface area contributed by atoms with E-state index in [0.29, 0.717) is 107 Å². The number of fused-ring (bicyclic) bond motifs is 17. The molecule has 17 unspecified atom stereocenters. The quantitative estimate of drug-likeness (QED) is 0.118. The normalized spacial score (nSPS) is 27.0. The molecule has 3 aromatic heterocycles. The number of aryl methyl sites for hydroxylation is 1. The minimum absolute atomic E-state index is 0. The van der Waals surface area contributed by atoms with E-state index >= 15 is 0 Å². The summed E-state index contributed by atoms with van der Waals surface area (Å²) in [5, 5.41) is 20.1. The second kappa shape index (κ2) is 36.5. The number of allylic oxidation sites excluding steroid dienone is 3. The number of rotatable bonds is 6. The molecule has 0 N–H and O–H groups in total. The fourth-order valence-electron chi connectivity index (χ4n) is 19.0. The molecule has 0 spiro atoms. The number of hydrogen-bond acceptors (Lipinski definition) is 3. The Kier molecular flexibility index (Phi) is 33.0. The van der Waals surface area contributed by atoms with E-state index in [0.717, 1.165) is 12.8 Å². The minimum atomic E-state index is -0.0674. The molecule has 0 radical (unpaired) electrons. The van der Waals surface area contributed by atoms with E-state index < -0.39 is 0 Å². The summed E-state index contributed by atoms with van der Waals surface area (Å²) in [7, 11) is 0. The molecule has 0 saturated heterocycles. The van der Waals surface area contributed by atoms with E-state index in [4.69, 9.17) is 16.0 Å². The van der Waals surface area contributed by atoms with Crippen LogP contribution >= 0.6 is 34.0 Å². The number of hydrogen-bond donors (Lipinski definition) is 0. The maximum Gasteiger partial charge on any atom is 4.00 e. The number of thiophene rings is 3. The van der Waals surface area contributed by atoms with Crippen molar-refractivity contribution in [1.29, 1.82) is 0 Å². The van der Waals surface area contributed by atoms with Gasteiger partial charge in [0.1, 0.15) is 0 Å². The molecule has 6 aromatic carbocycles. The third-order valence-electron chi connectivity index (χ3n) is 23.6. The summed E-state index contributed by atoms with van der Waals surface area (Å²) in [6, 6.07) is 50.8. The molecule has 6 aliphatic carbocycles. The Bertz CT molecular complexity index is 4250. The van der Waals surface area contributed by atoms with Crippen LogP contribution < -0.4 is 0 Å². The zero-order chi connectivity index (χ0) is 61.3. The van der Waals surface area contributed by atoms with E-state index in [1.54, 1.807) is 16.7 Å². The van der Waals surface area contributed by atoms with Gasteiger partial charge in [-0.25, -0.2) is 0 Å². The van der Waals surface area contributed by atoms with Gasteiger partial charge in [0.2, 0.25) is 0 Å². The van der Waals surface area contributed by atoms with E-state index in [1.165, 1.54) is 103 Å². The van der Waals surface area contributed by atoms with Crippen LogP contribution in [0.1, 0.15) is 191 Å². The van der Waals surface area contributed by atoms with Crippen molar-refractivity contribution in [2.24, 2.45) is 59.2 Å². The zero-order valence-electron chi connectivity index (χ0n) is 65.0. The molecule has 3 fully saturated rings. The Hall–Kier alpha value is -4.04. The Morgan fingerprint density at radius 1 is 0.426 bits per heavy atom. The predicted molar refractivity (Wildman–Crippen MR) is 445 cm³/mol. The van der Waals surface area contributed by atoms with Crippen LogP contribution in [0.2, 0.25) is 0 Å². The maximum absolute atomic E-state index is 5.35. The molecule has 9 heteroatoms. The van der Waals surface area contributed by atoms with Gasteiger partial charge in [0, 0.05) is 28.7 Å². The summed E-state index contributed by atoms with van der Waals surface area (Å²) in [5.41, 5.74) is 16.0. The first-order valence-corrected chi connectivity index (χ1v) is 36.6. The van der Waals surface area contributed by atoms with E-state index in [1.807, 2.05) is 34.0 Å². The van der Waals surface area contributed by atoms with Crippen molar-refractivity contribution in [1.82, 2.24) is 0 Å². The van der Waals surface area contributed by atoms with Gasteiger partial charge < -0.3 is 82.8 Å². The van der Waals surface area contributed by atoms with Gasteiger partial charge in [-0.1, -0.05) is 263 Å². The molecule has 2 aliphatic heterocycles. The molecule has 101 heavy (non-hydrogen) atoms. The summed E-state index contributed by atoms with van der Waals surface area (Å²) < 4.78 is 4.30.